The molecule has 0 atom stereocenters. The van der Waals surface area contributed by atoms with Gasteiger partial charge >= 0.3 is 0 Å². The quantitative estimate of drug-likeness (QED) is 0.649. The molecule has 0 aromatic rings. The highest BCUT2D eigenvalue weighted by atomic mass is 16.5. The van der Waals surface area contributed by atoms with Crippen LogP contribution in [0.5, 0.6) is 0 Å². The second-order valence-corrected chi connectivity index (χ2v) is 4.31. The standard InChI is InChI=1S/C12H22O2/c1-3-10-14-12(11(2)13)8-6-4-5-7-9-12/h3-10H2,1-2H3. The highest BCUT2D eigenvalue weighted by Gasteiger charge is 2.36. The zero-order chi connectivity index (χ0) is 10.4. The van der Waals surface area contributed by atoms with E-state index >= 15 is 0 Å². The van der Waals surface area contributed by atoms with Gasteiger partial charge in [-0.1, -0.05) is 32.6 Å². The maximum absolute atomic E-state index is 11.7. The van der Waals surface area contributed by atoms with E-state index in [1.54, 1.807) is 6.92 Å². The van der Waals surface area contributed by atoms with Crippen LogP contribution in [0, 0.1) is 0 Å². The molecule has 0 unspecified atom stereocenters. The van der Waals surface area contributed by atoms with Crippen LogP contribution in [0.25, 0.3) is 0 Å². The molecule has 1 rings (SSSR count). The number of hydrogen-bond donors (Lipinski definition) is 0. The van der Waals surface area contributed by atoms with Gasteiger partial charge in [0.05, 0.1) is 0 Å². The molecule has 0 radical (unpaired) electrons. The average Bonchev–Trinajstić information content (AvgIpc) is 2.41. The van der Waals surface area contributed by atoms with Crippen molar-refractivity contribution < 1.29 is 9.53 Å². The Balaban J connectivity index is 2.62. The first-order valence-electron chi connectivity index (χ1n) is 5.86. The van der Waals surface area contributed by atoms with E-state index in [1.165, 1.54) is 12.8 Å². The third-order valence-electron chi connectivity index (χ3n) is 3.14. The van der Waals surface area contributed by atoms with E-state index in [2.05, 4.69) is 6.92 Å². The highest BCUT2D eigenvalue weighted by molar-refractivity contribution is 5.84. The first-order chi connectivity index (χ1) is 6.71. The van der Waals surface area contributed by atoms with Crippen LogP contribution in [0.15, 0.2) is 0 Å². The molecule has 1 aliphatic carbocycles. The second-order valence-electron chi connectivity index (χ2n) is 4.31. The molecule has 0 N–H and O–H groups in total. The summed E-state index contributed by atoms with van der Waals surface area (Å²) in [6, 6.07) is 0. The Morgan fingerprint density at radius 2 is 1.79 bits per heavy atom. The smallest absolute Gasteiger partial charge is 0.161 e. The summed E-state index contributed by atoms with van der Waals surface area (Å²) in [5.41, 5.74) is -0.424. The number of carbonyl (C=O) groups is 1. The van der Waals surface area contributed by atoms with Gasteiger partial charge in [0.1, 0.15) is 5.60 Å². The van der Waals surface area contributed by atoms with Crippen LogP contribution in [0.2, 0.25) is 0 Å². The van der Waals surface area contributed by atoms with Gasteiger partial charge in [-0.15, -0.1) is 0 Å². The van der Waals surface area contributed by atoms with Gasteiger partial charge < -0.3 is 4.74 Å². The molecule has 0 saturated heterocycles. The first kappa shape index (κ1) is 11.7. The minimum absolute atomic E-state index is 0.229. The van der Waals surface area contributed by atoms with Crippen molar-refractivity contribution in [2.75, 3.05) is 6.61 Å². The molecular formula is C12H22O2. The summed E-state index contributed by atoms with van der Waals surface area (Å²) in [4.78, 5) is 11.7. The van der Waals surface area contributed by atoms with Gasteiger partial charge in [-0.3, -0.25) is 4.79 Å². The van der Waals surface area contributed by atoms with Crippen LogP contribution in [0.1, 0.15) is 58.8 Å². The lowest BCUT2D eigenvalue weighted by Crippen LogP contribution is -2.40. The van der Waals surface area contributed by atoms with Gasteiger partial charge in [-0.25, -0.2) is 0 Å². The zero-order valence-electron chi connectivity index (χ0n) is 9.47. The summed E-state index contributed by atoms with van der Waals surface area (Å²) in [5, 5.41) is 0. The van der Waals surface area contributed by atoms with E-state index in [1.807, 2.05) is 0 Å². The Morgan fingerprint density at radius 3 is 2.21 bits per heavy atom. The van der Waals surface area contributed by atoms with Crippen LogP contribution in [0.4, 0.5) is 0 Å². The Kier molecular flexibility index (Phi) is 4.59. The van der Waals surface area contributed by atoms with Crippen molar-refractivity contribution in [3.05, 3.63) is 0 Å². The fourth-order valence-electron chi connectivity index (χ4n) is 2.20. The normalized spacial score (nSPS) is 21.6. The maximum atomic E-state index is 11.7. The van der Waals surface area contributed by atoms with E-state index in [0.29, 0.717) is 0 Å². The predicted octanol–water partition coefficient (Wildman–Crippen LogP) is 3.10. The molecule has 0 aromatic heterocycles. The van der Waals surface area contributed by atoms with Gasteiger partial charge in [0.2, 0.25) is 0 Å². The van der Waals surface area contributed by atoms with Crippen LogP contribution < -0.4 is 0 Å². The Labute approximate surface area is 87.0 Å². The summed E-state index contributed by atoms with van der Waals surface area (Å²) in [5.74, 6) is 0.229. The zero-order valence-corrected chi connectivity index (χ0v) is 9.47. The topological polar surface area (TPSA) is 26.3 Å². The molecule has 0 aromatic carbocycles. The van der Waals surface area contributed by atoms with E-state index in [-0.39, 0.29) is 5.78 Å². The molecule has 0 bridgehead atoms. The van der Waals surface area contributed by atoms with Crippen molar-refractivity contribution in [2.24, 2.45) is 0 Å². The first-order valence-corrected chi connectivity index (χ1v) is 5.86. The van der Waals surface area contributed by atoms with Crippen molar-refractivity contribution in [3.63, 3.8) is 0 Å². The summed E-state index contributed by atoms with van der Waals surface area (Å²) in [6.45, 7) is 4.49. The molecule has 2 heteroatoms. The van der Waals surface area contributed by atoms with Crippen molar-refractivity contribution in [1.29, 1.82) is 0 Å². The molecule has 1 fully saturated rings. The monoisotopic (exact) mass is 198 g/mol. The Morgan fingerprint density at radius 1 is 1.21 bits per heavy atom. The lowest BCUT2D eigenvalue weighted by molar-refractivity contribution is -0.144. The number of hydrogen-bond acceptors (Lipinski definition) is 2. The van der Waals surface area contributed by atoms with Gasteiger partial charge in [-0.2, -0.15) is 0 Å². The van der Waals surface area contributed by atoms with E-state index in [4.69, 9.17) is 4.74 Å². The fourth-order valence-corrected chi connectivity index (χ4v) is 2.20. The Hall–Kier alpha value is -0.370. The number of Topliss-reactive ketones (excluding diaryl/α,β-unsaturated/α-hetero) is 1. The molecule has 82 valence electrons. The van der Waals surface area contributed by atoms with Crippen LogP contribution in [-0.4, -0.2) is 18.0 Å². The summed E-state index contributed by atoms with van der Waals surface area (Å²) >= 11 is 0. The lowest BCUT2D eigenvalue weighted by Gasteiger charge is -2.30. The molecule has 1 aliphatic rings. The van der Waals surface area contributed by atoms with Gasteiger partial charge in [0, 0.05) is 6.61 Å². The predicted molar refractivity (Wildman–Crippen MR) is 57.4 cm³/mol. The van der Waals surface area contributed by atoms with Gasteiger partial charge in [0.25, 0.3) is 0 Å². The Bertz CT molecular complexity index is 179. The van der Waals surface area contributed by atoms with Crippen molar-refractivity contribution in [3.8, 4) is 0 Å². The van der Waals surface area contributed by atoms with Crippen LogP contribution >= 0.6 is 0 Å². The third-order valence-corrected chi connectivity index (χ3v) is 3.14. The highest BCUT2D eigenvalue weighted by Crippen LogP contribution is 2.31. The summed E-state index contributed by atoms with van der Waals surface area (Å²) in [6.07, 6.45) is 7.65. The molecule has 14 heavy (non-hydrogen) atoms. The molecule has 0 aliphatic heterocycles. The summed E-state index contributed by atoms with van der Waals surface area (Å²) in [7, 11) is 0. The van der Waals surface area contributed by atoms with Gasteiger partial charge in [0.15, 0.2) is 5.78 Å². The number of ether oxygens (including phenoxy) is 1. The molecule has 2 nitrogen and oxygen atoms in total. The van der Waals surface area contributed by atoms with Crippen molar-refractivity contribution in [1.82, 2.24) is 0 Å². The minimum atomic E-state index is -0.424. The summed E-state index contributed by atoms with van der Waals surface area (Å²) < 4.78 is 5.81. The van der Waals surface area contributed by atoms with E-state index in [9.17, 15) is 4.79 Å². The van der Waals surface area contributed by atoms with Gasteiger partial charge in [-0.05, 0) is 26.2 Å². The largest absolute Gasteiger partial charge is 0.367 e. The van der Waals surface area contributed by atoms with Crippen molar-refractivity contribution >= 4 is 5.78 Å². The number of ketones is 1. The molecular weight excluding hydrogens is 176 g/mol. The van der Waals surface area contributed by atoms with Crippen LogP contribution in [-0.2, 0) is 9.53 Å². The molecule has 0 spiro atoms. The second kappa shape index (κ2) is 5.50. The SMILES string of the molecule is CCCOC1(C(C)=O)CCCCCC1. The number of rotatable bonds is 4. The molecule has 0 heterocycles. The van der Waals surface area contributed by atoms with Crippen molar-refractivity contribution in [2.45, 2.75) is 64.4 Å². The molecule has 1 saturated carbocycles. The average molecular weight is 198 g/mol. The lowest BCUT2D eigenvalue weighted by atomic mass is 9.90. The minimum Gasteiger partial charge on any atom is -0.367 e. The van der Waals surface area contributed by atoms with E-state index < -0.39 is 5.60 Å². The fraction of sp³-hybridized carbons (Fsp3) is 0.917. The maximum Gasteiger partial charge on any atom is 0.161 e. The number of carbonyl (C=O) groups excluding carboxylic acids is 1. The van der Waals surface area contributed by atoms with E-state index in [0.717, 1.165) is 38.7 Å². The molecule has 0 amide bonds. The third kappa shape index (κ3) is 2.81. The van der Waals surface area contributed by atoms with Crippen LogP contribution in [0.3, 0.4) is 0 Å².